The van der Waals surface area contributed by atoms with E-state index in [0.717, 1.165) is 12.1 Å². The average Bonchev–Trinajstić information content (AvgIpc) is 2.42. The molecule has 1 aromatic carbocycles. The lowest BCUT2D eigenvalue weighted by Gasteiger charge is -2.20. The quantitative estimate of drug-likeness (QED) is 0.803. The van der Waals surface area contributed by atoms with E-state index in [4.69, 9.17) is 4.74 Å². The fourth-order valence-electron chi connectivity index (χ4n) is 2.05. The highest BCUT2D eigenvalue weighted by molar-refractivity contribution is 5.69. The second kappa shape index (κ2) is 7.63. The van der Waals surface area contributed by atoms with Gasteiger partial charge in [-0.15, -0.1) is 0 Å². The van der Waals surface area contributed by atoms with Gasteiger partial charge in [0.1, 0.15) is 0 Å². The second-order valence-corrected chi connectivity index (χ2v) is 5.62. The Hall–Kier alpha value is -1.56. The van der Waals surface area contributed by atoms with E-state index in [1.54, 1.807) is 20.8 Å². The van der Waals surface area contributed by atoms with Crippen LogP contribution in [0.1, 0.15) is 50.8 Å². The van der Waals surface area contributed by atoms with Crippen LogP contribution in [0, 0.1) is 5.92 Å². The van der Waals surface area contributed by atoms with Crippen molar-refractivity contribution in [3.63, 3.8) is 0 Å². The van der Waals surface area contributed by atoms with E-state index in [1.807, 2.05) is 0 Å². The number of carbonyl (C=O) groups excluding carboxylic acids is 1. The van der Waals surface area contributed by atoms with Crippen LogP contribution < -0.4 is 0 Å². The summed E-state index contributed by atoms with van der Waals surface area (Å²) >= 11 is 0. The molecule has 0 aliphatic heterocycles. The molecule has 3 nitrogen and oxygen atoms in total. The summed E-state index contributed by atoms with van der Waals surface area (Å²) in [5, 5.41) is 10.2. The van der Waals surface area contributed by atoms with Crippen molar-refractivity contribution in [3.05, 3.63) is 35.4 Å². The van der Waals surface area contributed by atoms with Gasteiger partial charge in [-0.25, -0.2) is 0 Å². The summed E-state index contributed by atoms with van der Waals surface area (Å²) < 4.78 is 43.0. The number of alkyl halides is 3. The standard InChI is InChI=1S/C16H21F3O3/c1-10(2)22-14(20)8-7-11(3)15(21)12-5-4-6-13(9-12)16(17,18)19/h4-6,9-11,15,21H,7-8H2,1-3H3. The largest absolute Gasteiger partial charge is 0.463 e. The lowest BCUT2D eigenvalue weighted by molar-refractivity contribution is -0.147. The Kier molecular flexibility index (Phi) is 6.41. The summed E-state index contributed by atoms with van der Waals surface area (Å²) in [7, 11) is 0. The van der Waals surface area contributed by atoms with E-state index in [2.05, 4.69) is 0 Å². The third-order valence-corrected chi connectivity index (χ3v) is 3.27. The van der Waals surface area contributed by atoms with Gasteiger partial charge in [0.15, 0.2) is 0 Å². The van der Waals surface area contributed by atoms with Gasteiger partial charge in [-0.05, 0) is 43.9 Å². The molecule has 124 valence electrons. The number of halogens is 3. The van der Waals surface area contributed by atoms with Crippen molar-refractivity contribution in [1.29, 1.82) is 0 Å². The van der Waals surface area contributed by atoms with Gasteiger partial charge < -0.3 is 9.84 Å². The van der Waals surface area contributed by atoms with Crippen molar-refractivity contribution in [2.45, 2.75) is 52.0 Å². The number of hydrogen-bond acceptors (Lipinski definition) is 3. The topological polar surface area (TPSA) is 46.5 Å². The van der Waals surface area contributed by atoms with Crippen molar-refractivity contribution < 1.29 is 27.8 Å². The van der Waals surface area contributed by atoms with Crippen LogP contribution in [0.3, 0.4) is 0 Å². The maximum Gasteiger partial charge on any atom is 0.416 e. The van der Waals surface area contributed by atoms with Gasteiger partial charge in [0, 0.05) is 6.42 Å². The van der Waals surface area contributed by atoms with Crippen LogP contribution in [0.2, 0.25) is 0 Å². The SMILES string of the molecule is CC(C)OC(=O)CCC(C)C(O)c1cccc(C(F)(F)F)c1. The van der Waals surface area contributed by atoms with Gasteiger partial charge in [-0.2, -0.15) is 13.2 Å². The molecule has 1 aromatic rings. The normalized spacial score (nSPS) is 14.7. The molecule has 6 heteroatoms. The molecular formula is C16H21F3O3. The number of carbonyl (C=O) groups is 1. The van der Waals surface area contributed by atoms with E-state index in [1.165, 1.54) is 12.1 Å². The molecule has 2 unspecified atom stereocenters. The molecule has 0 saturated carbocycles. The highest BCUT2D eigenvalue weighted by Crippen LogP contribution is 2.33. The van der Waals surface area contributed by atoms with E-state index < -0.39 is 17.8 Å². The number of rotatable bonds is 6. The Morgan fingerprint density at radius 3 is 2.45 bits per heavy atom. The summed E-state index contributed by atoms with van der Waals surface area (Å²) in [6.07, 6.45) is -5.26. The van der Waals surface area contributed by atoms with Crippen LogP contribution in [0.4, 0.5) is 13.2 Å². The molecule has 0 fully saturated rings. The monoisotopic (exact) mass is 318 g/mol. The van der Waals surface area contributed by atoms with E-state index in [0.29, 0.717) is 6.42 Å². The highest BCUT2D eigenvalue weighted by Gasteiger charge is 2.31. The van der Waals surface area contributed by atoms with E-state index in [9.17, 15) is 23.1 Å². The van der Waals surface area contributed by atoms with Crippen molar-refractivity contribution in [1.82, 2.24) is 0 Å². The van der Waals surface area contributed by atoms with Gasteiger partial charge in [-0.3, -0.25) is 4.79 Å². The Balaban J connectivity index is 2.67. The first-order valence-corrected chi connectivity index (χ1v) is 7.16. The molecule has 0 saturated heterocycles. The van der Waals surface area contributed by atoms with Crippen molar-refractivity contribution in [3.8, 4) is 0 Å². The minimum Gasteiger partial charge on any atom is -0.463 e. The van der Waals surface area contributed by atoms with Crippen molar-refractivity contribution in [2.24, 2.45) is 5.92 Å². The first kappa shape index (κ1) is 18.5. The average molecular weight is 318 g/mol. The Bertz CT molecular complexity index is 498. The predicted molar refractivity (Wildman–Crippen MR) is 76.0 cm³/mol. The lowest BCUT2D eigenvalue weighted by atomic mass is 9.92. The fourth-order valence-corrected chi connectivity index (χ4v) is 2.05. The fraction of sp³-hybridized carbons (Fsp3) is 0.562. The zero-order valence-corrected chi connectivity index (χ0v) is 12.9. The summed E-state index contributed by atoms with van der Waals surface area (Å²) in [5.41, 5.74) is -0.602. The summed E-state index contributed by atoms with van der Waals surface area (Å²) in [6, 6.07) is 4.61. The maximum absolute atomic E-state index is 12.7. The number of aliphatic hydroxyl groups is 1. The molecule has 0 aromatic heterocycles. The first-order chi connectivity index (χ1) is 10.1. The number of esters is 1. The predicted octanol–water partition coefficient (Wildman–Crippen LogP) is 4.11. The maximum atomic E-state index is 12.7. The van der Waals surface area contributed by atoms with Gasteiger partial charge in [0.05, 0.1) is 17.8 Å². The molecule has 22 heavy (non-hydrogen) atoms. The third kappa shape index (κ3) is 5.67. The minimum atomic E-state index is -4.44. The molecular weight excluding hydrogens is 297 g/mol. The molecule has 0 aliphatic rings. The lowest BCUT2D eigenvalue weighted by Crippen LogP contribution is -2.15. The molecule has 1 rings (SSSR count). The van der Waals surface area contributed by atoms with Crippen LogP contribution in [0.15, 0.2) is 24.3 Å². The van der Waals surface area contributed by atoms with E-state index >= 15 is 0 Å². The highest BCUT2D eigenvalue weighted by atomic mass is 19.4. The minimum absolute atomic E-state index is 0.120. The summed E-state index contributed by atoms with van der Waals surface area (Å²) in [5.74, 6) is -0.735. The van der Waals surface area contributed by atoms with Crippen LogP contribution in [-0.2, 0) is 15.7 Å². The van der Waals surface area contributed by atoms with Crippen LogP contribution in [0.5, 0.6) is 0 Å². The number of aliphatic hydroxyl groups excluding tert-OH is 1. The summed E-state index contributed by atoms with van der Waals surface area (Å²) in [4.78, 5) is 11.4. The van der Waals surface area contributed by atoms with E-state index in [-0.39, 0.29) is 30.0 Å². The second-order valence-electron chi connectivity index (χ2n) is 5.62. The van der Waals surface area contributed by atoms with Gasteiger partial charge in [-0.1, -0.05) is 19.1 Å². The molecule has 0 bridgehead atoms. The molecule has 0 radical (unpaired) electrons. The molecule has 2 atom stereocenters. The Labute approximate surface area is 128 Å². The number of benzene rings is 1. The summed E-state index contributed by atoms with van der Waals surface area (Å²) in [6.45, 7) is 5.16. The molecule has 1 N–H and O–H groups in total. The Morgan fingerprint density at radius 2 is 1.91 bits per heavy atom. The smallest absolute Gasteiger partial charge is 0.416 e. The zero-order chi connectivity index (χ0) is 16.9. The number of ether oxygens (including phenoxy) is 1. The van der Waals surface area contributed by atoms with Crippen LogP contribution >= 0.6 is 0 Å². The van der Waals surface area contributed by atoms with Gasteiger partial charge in [0.25, 0.3) is 0 Å². The van der Waals surface area contributed by atoms with Crippen molar-refractivity contribution >= 4 is 5.97 Å². The number of hydrogen-bond donors (Lipinski definition) is 1. The van der Waals surface area contributed by atoms with Crippen LogP contribution in [-0.4, -0.2) is 17.2 Å². The molecule has 0 heterocycles. The Morgan fingerprint density at radius 1 is 1.27 bits per heavy atom. The van der Waals surface area contributed by atoms with Gasteiger partial charge >= 0.3 is 12.1 Å². The third-order valence-electron chi connectivity index (χ3n) is 3.27. The van der Waals surface area contributed by atoms with Crippen molar-refractivity contribution in [2.75, 3.05) is 0 Å². The molecule has 0 spiro atoms. The zero-order valence-electron chi connectivity index (χ0n) is 12.9. The van der Waals surface area contributed by atoms with Gasteiger partial charge in [0.2, 0.25) is 0 Å². The molecule has 0 amide bonds. The van der Waals surface area contributed by atoms with Crippen LogP contribution in [0.25, 0.3) is 0 Å². The first-order valence-electron chi connectivity index (χ1n) is 7.16. The molecule has 0 aliphatic carbocycles.